The van der Waals surface area contributed by atoms with Crippen LogP contribution in [0.3, 0.4) is 0 Å². The monoisotopic (exact) mass is 183 g/mol. The van der Waals surface area contributed by atoms with Crippen molar-refractivity contribution >= 4 is 29.2 Å². The molecule has 0 aromatic rings. The molecule has 58 valence electrons. The fourth-order valence-corrected chi connectivity index (χ4v) is 1.45. The quantitative estimate of drug-likeness (QED) is 0.582. The topological polar surface area (TPSA) is 49.3 Å². The molecule has 0 aliphatic carbocycles. The summed E-state index contributed by atoms with van der Waals surface area (Å²) in [5.41, 5.74) is 0. The normalized spacial score (nSPS) is 30.4. The molecule has 1 aliphatic heterocycles. The van der Waals surface area contributed by atoms with E-state index in [1.54, 1.807) is 0 Å². The second-order valence-electron chi connectivity index (χ2n) is 2.28. The first-order valence-corrected chi connectivity index (χ1v) is 3.61. The molecule has 1 rings (SSSR count). The molecule has 10 heavy (non-hydrogen) atoms. The van der Waals surface area contributed by atoms with Crippen LogP contribution in [0.2, 0.25) is 0 Å². The summed E-state index contributed by atoms with van der Waals surface area (Å²) in [5.74, 6) is -1.63. The molecule has 1 aliphatic rings. The van der Waals surface area contributed by atoms with Gasteiger partial charge in [-0.05, 0) is 0 Å². The highest BCUT2D eigenvalue weighted by Crippen LogP contribution is 2.33. The number of rotatable bonds is 1. The van der Waals surface area contributed by atoms with E-state index in [-0.39, 0.29) is 0 Å². The highest BCUT2D eigenvalue weighted by atomic mass is 35.5. The molecule has 1 unspecified atom stereocenters. The number of alkyl halides is 2. The highest BCUT2D eigenvalue weighted by Gasteiger charge is 2.44. The third-order valence-corrected chi connectivity index (χ3v) is 2.31. The van der Waals surface area contributed by atoms with Gasteiger partial charge in [0.25, 0.3) is 0 Å². The minimum absolute atomic E-state index is 0.340. The molecule has 0 bridgehead atoms. The predicted octanol–water partition coefficient (Wildman–Crippen LogP) is 0.464. The van der Waals surface area contributed by atoms with Crippen molar-refractivity contribution in [2.24, 2.45) is 5.92 Å². The summed E-state index contributed by atoms with van der Waals surface area (Å²) < 4.78 is -1.13. The van der Waals surface area contributed by atoms with Gasteiger partial charge in [-0.25, -0.2) is 0 Å². The number of aliphatic carboxylic acids is 1. The van der Waals surface area contributed by atoms with Crippen molar-refractivity contribution in [3.05, 3.63) is 0 Å². The van der Waals surface area contributed by atoms with E-state index in [0.717, 1.165) is 0 Å². The summed E-state index contributed by atoms with van der Waals surface area (Å²) in [7, 11) is 0. The van der Waals surface area contributed by atoms with Crippen molar-refractivity contribution < 1.29 is 9.90 Å². The number of hydrogen-bond acceptors (Lipinski definition) is 2. The van der Waals surface area contributed by atoms with Gasteiger partial charge in [-0.1, -0.05) is 23.2 Å². The first kappa shape index (κ1) is 8.11. The highest BCUT2D eigenvalue weighted by molar-refractivity contribution is 6.50. The van der Waals surface area contributed by atoms with Gasteiger partial charge in [0.2, 0.25) is 0 Å². The number of hydrogen-bond donors (Lipinski definition) is 2. The Morgan fingerprint density at radius 1 is 1.70 bits per heavy atom. The Balaban J connectivity index is 2.68. The Labute approximate surface area is 68.3 Å². The van der Waals surface area contributed by atoms with Crippen LogP contribution >= 0.6 is 23.2 Å². The Kier molecular flexibility index (Phi) is 2.08. The maximum atomic E-state index is 10.4. The molecule has 1 atom stereocenters. The lowest BCUT2D eigenvalue weighted by Crippen LogP contribution is -2.30. The predicted molar refractivity (Wildman–Crippen MR) is 38.4 cm³/mol. The lowest BCUT2D eigenvalue weighted by molar-refractivity contribution is -0.141. The molecule has 1 fully saturated rings. The van der Waals surface area contributed by atoms with Gasteiger partial charge in [0.05, 0.1) is 0 Å². The molecule has 0 aromatic carbocycles. The van der Waals surface area contributed by atoms with E-state index in [0.29, 0.717) is 13.1 Å². The van der Waals surface area contributed by atoms with Gasteiger partial charge in [0.15, 0.2) is 0 Å². The summed E-state index contributed by atoms with van der Waals surface area (Å²) in [6.07, 6.45) is 0. The summed E-state index contributed by atoms with van der Waals surface area (Å²) in [4.78, 5) is 10.4. The Bertz CT molecular complexity index is 160. The molecular weight excluding hydrogens is 177 g/mol. The SMILES string of the molecule is O=C(O)C1CNCC1(Cl)Cl. The molecule has 0 aromatic heterocycles. The van der Waals surface area contributed by atoms with E-state index in [4.69, 9.17) is 28.3 Å². The van der Waals surface area contributed by atoms with Gasteiger partial charge in [-0.2, -0.15) is 0 Å². The van der Waals surface area contributed by atoms with Crippen LogP contribution in [0, 0.1) is 5.92 Å². The van der Waals surface area contributed by atoms with Gasteiger partial charge in [-0.3, -0.25) is 4.79 Å². The third-order valence-electron chi connectivity index (χ3n) is 1.52. The van der Waals surface area contributed by atoms with Gasteiger partial charge < -0.3 is 10.4 Å². The first-order valence-electron chi connectivity index (χ1n) is 2.85. The van der Waals surface area contributed by atoms with Crippen LogP contribution in [0.5, 0.6) is 0 Å². The third kappa shape index (κ3) is 1.36. The van der Waals surface area contributed by atoms with Gasteiger partial charge in [0, 0.05) is 13.1 Å². The second-order valence-corrected chi connectivity index (χ2v) is 3.83. The Morgan fingerprint density at radius 2 is 2.30 bits per heavy atom. The van der Waals surface area contributed by atoms with Crippen molar-refractivity contribution in [2.45, 2.75) is 4.33 Å². The van der Waals surface area contributed by atoms with Crippen molar-refractivity contribution in [1.82, 2.24) is 5.32 Å². The van der Waals surface area contributed by atoms with E-state index in [9.17, 15) is 4.79 Å². The standard InChI is InChI=1S/C5H7Cl2NO2/c6-5(7)2-8-1-3(5)4(9)10/h3,8H,1-2H2,(H,9,10). The van der Waals surface area contributed by atoms with Gasteiger partial charge in [0.1, 0.15) is 10.3 Å². The minimum Gasteiger partial charge on any atom is -0.481 e. The molecule has 3 nitrogen and oxygen atoms in total. The molecular formula is C5H7Cl2NO2. The van der Waals surface area contributed by atoms with Crippen LogP contribution < -0.4 is 5.32 Å². The van der Waals surface area contributed by atoms with E-state index in [2.05, 4.69) is 5.32 Å². The smallest absolute Gasteiger partial charge is 0.310 e. The van der Waals surface area contributed by atoms with Crippen LogP contribution in [0.4, 0.5) is 0 Å². The molecule has 0 radical (unpaired) electrons. The van der Waals surface area contributed by atoms with Crippen LogP contribution in [0.15, 0.2) is 0 Å². The van der Waals surface area contributed by atoms with Gasteiger partial charge >= 0.3 is 5.97 Å². The minimum atomic E-state index is -1.13. The largest absolute Gasteiger partial charge is 0.481 e. The zero-order valence-electron chi connectivity index (χ0n) is 5.10. The fraction of sp³-hybridized carbons (Fsp3) is 0.800. The van der Waals surface area contributed by atoms with Crippen LogP contribution in [-0.4, -0.2) is 28.5 Å². The Hall–Kier alpha value is 0.01000. The fourth-order valence-electron chi connectivity index (χ4n) is 0.924. The van der Waals surface area contributed by atoms with Crippen molar-refractivity contribution in [3.8, 4) is 0 Å². The lowest BCUT2D eigenvalue weighted by Gasteiger charge is -2.15. The van der Waals surface area contributed by atoms with Crippen LogP contribution in [-0.2, 0) is 4.79 Å². The molecule has 1 saturated heterocycles. The number of carboxylic acids is 1. The second kappa shape index (κ2) is 2.57. The van der Waals surface area contributed by atoms with E-state index >= 15 is 0 Å². The molecule has 0 saturated carbocycles. The van der Waals surface area contributed by atoms with E-state index in [1.807, 2.05) is 0 Å². The number of carboxylic acid groups (broad SMARTS) is 1. The summed E-state index contributed by atoms with van der Waals surface area (Å²) in [6, 6.07) is 0. The maximum absolute atomic E-state index is 10.4. The van der Waals surface area contributed by atoms with Crippen molar-refractivity contribution in [3.63, 3.8) is 0 Å². The van der Waals surface area contributed by atoms with Crippen LogP contribution in [0.1, 0.15) is 0 Å². The molecule has 1 heterocycles. The maximum Gasteiger partial charge on any atom is 0.310 e. The summed E-state index contributed by atoms with van der Waals surface area (Å²) >= 11 is 11.3. The Morgan fingerprint density at radius 3 is 2.50 bits per heavy atom. The lowest BCUT2D eigenvalue weighted by atomic mass is 10.1. The summed E-state index contributed by atoms with van der Waals surface area (Å²) in [5, 5.41) is 11.3. The summed E-state index contributed by atoms with van der Waals surface area (Å²) in [6.45, 7) is 0.690. The number of halogens is 2. The average Bonchev–Trinajstić information content (AvgIpc) is 2.08. The average molecular weight is 184 g/mol. The van der Waals surface area contributed by atoms with Gasteiger partial charge in [-0.15, -0.1) is 0 Å². The first-order chi connectivity index (χ1) is 4.54. The number of nitrogens with one attached hydrogen (secondary N) is 1. The zero-order chi connectivity index (χ0) is 7.78. The molecule has 0 amide bonds. The van der Waals surface area contributed by atoms with Crippen molar-refractivity contribution in [1.29, 1.82) is 0 Å². The molecule has 2 N–H and O–H groups in total. The molecule has 5 heteroatoms. The van der Waals surface area contributed by atoms with Crippen LogP contribution in [0.25, 0.3) is 0 Å². The van der Waals surface area contributed by atoms with E-state index in [1.165, 1.54) is 0 Å². The zero-order valence-corrected chi connectivity index (χ0v) is 6.61. The number of carbonyl (C=O) groups is 1. The van der Waals surface area contributed by atoms with Crippen molar-refractivity contribution in [2.75, 3.05) is 13.1 Å². The molecule has 0 spiro atoms. The van der Waals surface area contributed by atoms with E-state index < -0.39 is 16.2 Å².